The van der Waals surface area contributed by atoms with Gasteiger partial charge in [-0.2, -0.15) is 0 Å². The molecule has 1 heterocycles. The van der Waals surface area contributed by atoms with Crippen molar-refractivity contribution in [1.29, 1.82) is 0 Å². The Balaban J connectivity index is 2.68. The monoisotopic (exact) mass is 362 g/mol. The Kier molecular flexibility index (Phi) is 5.51. The SMILES string of the molecule is COC(=O)c1c[nH]c(=O)c(C(CC(N)=O)c2ccc(OC)c(O)c2)c1O. The quantitative estimate of drug-likeness (QED) is 0.549. The van der Waals surface area contributed by atoms with Crippen LogP contribution in [0.5, 0.6) is 17.2 Å². The van der Waals surface area contributed by atoms with Crippen LogP contribution in [-0.2, 0) is 9.53 Å². The van der Waals surface area contributed by atoms with Gasteiger partial charge in [-0.15, -0.1) is 0 Å². The van der Waals surface area contributed by atoms with Crippen molar-refractivity contribution in [3.8, 4) is 17.2 Å². The van der Waals surface area contributed by atoms with Gasteiger partial charge in [0.25, 0.3) is 5.56 Å². The third-order valence-electron chi connectivity index (χ3n) is 3.87. The number of benzene rings is 1. The van der Waals surface area contributed by atoms with Crippen LogP contribution < -0.4 is 16.0 Å². The molecule has 1 unspecified atom stereocenters. The van der Waals surface area contributed by atoms with Crippen molar-refractivity contribution in [2.24, 2.45) is 5.73 Å². The number of aromatic nitrogens is 1. The second-order valence-electron chi connectivity index (χ2n) is 5.44. The lowest BCUT2D eigenvalue weighted by Gasteiger charge is -2.18. The summed E-state index contributed by atoms with van der Waals surface area (Å²) in [7, 11) is 2.49. The van der Waals surface area contributed by atoms with Crippen molar-refractivity contribution in [3.63, 3.8) is 0 Å². The first-order valence-electron chi connectivity index (χ1n) is 7.48. The minimum absolute atomic E-state index is 0.188. The van der Waals surface area contributed by atoms with Gasteiger partial charge in [0.15, 0.2) is 11.5 Å². The standard InChI is InChI=1S/C17H18N2O7/c1-25-12-4-3-8(5-11(12)20)9(6-13(18)21)14-15(22)10(17(24)26-2)7-19-16(14)23/h3-5,7,9,20H,6H2,1-2H3,(H2,18,21)(H2,19,22,23). The second kappa shape index (κ2) is 7.60. The normalized spacial score (nSPS) is 11.6. The van der Waals surface area contributed by atoms with Crippen LogP contribution in [-0.4, -0.2) is 41.3 Å². The van der Waals surface area contributed by atoms with E-state index in [4.69, 9.17) is 10.5 Å². The van der Waals surface area contributed by atoms with E-state index in [9.17, 15) is 24.6 Å². The smallest absolute Gasteiger partial charge is 0.343 e. The number of pyridine rings is 1. The Hall–Kier alpha value is -3.49. The molecule has 0 fully saturated rings. The van der Waals surface area contributed by atoms with Crippen LogP contribution in [0.1, 0.15) is 33.8 Å². The first-order valence-corrected chi connectivity index (χ1v) is 7.48. The summed E-state index contributed by atoms with van der Waals surface area (Å²) < 4.78 is 9.52. The summed E-state index contributed by atoms with van der Waals surface area (Å²) in [6, 6.07) is 4.24. The first-order chi connectivity index (χ1) is 12.3. The number of carbonyl (C=O) groups excluding carboxylic acids is 2. The third-order valence-corrected chi connectivity index (χ3v) is 3.87. The molecular weight excluding hydrogens is 344 g/mol. The number of H-pyrrole nitrogens is 1. The number of carbonyl (C=O) groups is 2. The number of methoxy groups -OCH3 is 2. The number of aromatic amines is 1. The number of ether oxygens (including phenoxy) is 2. The number of hydrogen-bond acceptors (Lipinski definition) is 7. The maximum Gasteiger partial charge on any atom is 0.343 e. The van der Waals surface area contributed by atoms with Gasteiger partial charge in [0, 0.05) is 18.5 Å². The Morgan fingerprint density at radius 2 is 1.96 bits per heavy atom. The van der Waals surface area contributed by atoms with Crippen molar-refractivity contribution < 1.29 is 29.3 Å². The van der Waals surface area contributed by atoms with Crippen LogP contribution in [0.25, 0.3) is 0 Å². The summed E-state index contributed by atoms with van der Waals surface area (Å²) in [5.41, 5.74) is 4.38. The van der Waals surface area contributed by atoms with Crippen LogP contribution in [0.3, 0.4) is 0 Å². The van der Waals surface area contributed by atoms with Crippen LogP contribution in [0.2, 0.25) is 0 Å². The number of amides is 1. The lowest BCUT2D eigenvalue weighted by molar-refractivity contribution is -0.118. The molecule has 0 bridgehead atoms. The molecule has 0 aliphatic heterocycles. The summed E-state index contributed by atoms with van der Waals surface area (Å²) in [6.07, 6.45) is 0.673. The molecule has 9 heteroatoms. The van der Waals surface area contributed by atoms with E-state index < -0.39 is 29.1 Å². The van der Waals surface area contributed by atoms with Crippen LogP contribution in [0.4, 0.5) is 0 Å². The molecule has 1 aromatic carbocycles. The van der Waals surface area contributed by atoms with Gasteiger partial charge < -0.3 is 30.4 Å². The maximum absolute atomic E-state index is 12.3. The summed E-state index contributed by atoms with van der Waals surface area (Å²) in [5, 5.41) is 20.4. The van der Waals surface area contributed by atoms with Gasteiger partial charge in [0.1, 0.15) is 11.3 Å². The van der Waals surface area contributed by atoms with Crippen LogP contribution in [0, 0.1) is 0 Å². The van der Waals surface area contributed by atoms with E-state index in [2.05, 4.69) is 9.72 Å². The summed E-state index contributed by atoms with van der Waals surface area (Å²) in [4.78, 5) is 37.9. The van der Waals surface area contributed by atoms with E-state index in [-0.39, 0.29) is 29.0 Å². The third kappa shape index (κ3) is 3.61. The number of nitrogens with one attached hydrogen (secondary N) is 1. The van der Waals surface area contributed by atoms with Gasteiger partial charge in [-0.25, -0.2) is 4.79 Å². The number of rotatable bonds is 6. The second-order valence-corrected chi connectivity index (χ2v) is 5.44. The highest BCUT2D eigenvalue weighted by molar-refractivity contribution is 5.92. The fourth-order valence-electron chi connectivity index (χ4n) is 2.64. The van der Waals surface area contributed by atoms with E-state index >= 15 is 0 Å². The van der Waals surface area contributed by atoms with E-state index in [0.29, 0.717) is 5.56 Å². The average Bonchev–Trinajstić information content (AvgIpc) is 2.60. The number of esters is 1. The van der Waals surface area contributed by atoms with Gasteiger partial charge in [-0.1, -0.05) is 6.07 Å². The summed E-state index contributed by atoms with van der Waals surface area (Å²) in [5.74, 6) is -3.27. The molecule has 26 heavy (non-hydrogen) atoms. The van der Waals surface area contributed by atoms with Crippen molar-refractivity contribution in [2.45, 2.75) is 12.3 Å². The molecular formula is C17H18N2O7. The molecule has 9 nitrogen and oxygen atoms in total. The van der Waals surface area contributed by atoms with Crippen molar-refractivity contribution in [1.82, 2.24) is 4.98 Å². The fraction of sp³-hybridized carbons (Fsp3) is 0.235. The van der Waals surface area contributed by atoms with Gasteiger partial charge in [0.05, 0.1) is 19.8 Å². The summed E-state index contributed by atoms with van der Waals surface area (Å²) >= 11 is 0. The zero-order chi connectivity index (χ0) is 19.4. The Morgan fingerprint density at radius 1 is 1.27 bits per heavy atom. The first kappa shape index (κ1) is 18.8. The molecule has 1 atom stereocenters. The van der Waals surface area contributed by atoms with Gasteiger partial charge in [-0.3, -0.25) is 9.59 Å². The Labute approximate surface area is 148 Å². The predicted octanol–water partition coefficient (Wildman–Crippen LogP) is 0.589. The van der Waals surface area contributed by atoms with E-state index in [0.717, 1.165) is 13.3 Å². The fourth-order valence-corrected chi connectivity index (χ4v) is 2.64. The highest BCUT2D eigenvalue weighted by atomic mass is 16.5. The van der Waals surface area contributed by atoms with Crippen molar-refractivity contribution in [2.75, 3.05) is 14.2 Å². The van der Waals surface area contributed by atoms with Crippen molar-refractivity contribution >= 4 is 11.9 Å². The minimum atomic E-state index is -1.00. The Morgan fingerprint density at radius 3 is 2.50 bits per heavy atom. The number of primary amides is 1. The summed E-state index contributed by atoms with van der Waals surface area (Å²) in [6.45, 7) is 0. The molecule has 0 saturated carbocycles. The van der Waals surface area contributed by atoms with Crippen LogP contribution >= 0.6 is 0 Å². The molecule has 0 aliphatic carbocycles. The molecule has 0 aliphatic rings. The number of nitrogens with two attached hydrogens (primary N) is 1. The zero-order valence-electron chi connectivity index (χ0n) is 14.1. The number of phenolic OH excluding ortho intramolecular Hbond substituents is 1. The lowest BCUT2D eigenvalue weighted by Crippen LogP contribution is -2.23. The molecule has 0 spiro atoms. The molecule has 2 rings (SSSR count). The van der Waals surface area contributed by atoms with E-state index in [1.165, 1.54) is 25.3 Å². The minimum Gasteiger partial charge on any atom is -0.506 e. The number of phenols is 1. The topological polar surface area (TPSA) is 152 Å². The van der Waals surface area contributed by atoms with Gasteiger partial charge in [-0.05, 0) is 17.7 Å². The maximum atomic E-state index is 12.3. The lowest BCUT2D eigenvalue weighted by atomic mass is 9.87. The number of aromatic hydroxyl groups is 2. The number of hydrogen-bond donors (Lipinski definition) is 4. The molecule has 1 amide bonds. The molecule has 0 radical (unpaired) electrons. The molecule has 0 saturated heterocycles. The van der Waals surface area contributed by atoms with E-state index in [1.807, 2.05) is 0 Å². The molecule has 2 aromatic rings. The zero-order valence-corrected chi connectivity index (χ0v) is 14.1. The highest BCUT2D eigenvalue weighted by Gasteiger charge is 2.27. The predicted molar refractivity (Wildman–Crippen MR) is 90.4 cm³/mol. The Bertz CT molecular complexity index is 904. The van der Waals surface area contributed by atoms with Gasteiger partial charge >= 0.3 is 5.97 Å². The molecule has 1 aromatic heterocycles. The van der Waals surface area contributed by atoms with Gasteiger partial charge in [0.2, 0.25) is 5.91 Å². The van der Waals surface area contributed by atoms with E-state index in [1.54, 1.807) is 0 Å². The molecule has 5 N–H and O–H groups in total. The average molecular weight is 362 g/mol. The highest BCUT2D eigenvalue weighted by Crippen LogP contribution is 2.37. The largest absolute Gasteiger partial charge is 0.506 e. The molecule has 138 valence electrons. The van der Waals surface area contributed by atoms with Crippen LogP contribution in [0.15, 0.2) is 29.2 Å². The van der Waals surface area contributed by atoms with Crippen molar-refractivity contribution in [3.05, 3.63) is 51.4 Å².